The third-order valence-corrected chi connectivity index (χ3v) is 4.97. The first-order valence-corrected chi connectivity index (χ1v) is 9.30. The molecule has 2 bridgehead atoms. The van der Waals surface area contributed by atoms with Gasteiger partial charge in [-0.25, -0.2) is 9.18 Å². The molecule has 2 aliphatic heterocycles. The highest BCUT2D eigenvalue weighted by Gasteiger charge is 2.39. The van der Waals surface area contributed by atoms with E-state index in [2.05, 4.69) is 6.08 Å². The van der Waals surface area contributed by atoms with E-state index in [4.69, 9.17) is 9.47 Å². The number of carbonyl (C=O) groups excluding carboxylic acids is 1. The lowest BCUT2D eigenvalue weighted by Gasteiger charge is -2.45. The summed E-state index contributed by atoms with van der Waals surface area (Å²) < 4.78 is 24.5. The Morgan fingerprint density at radius 1 is 1.31 bits per heavy atom. The predicted molar refractivity (Wildman–Crippen MR) is 98.9 cm³/mol. The van der Waals surface area contributed by atoms with E-state index in [0.717, 1.165) is 31.2 Å². The molecule has 142 valence electrons. The molecule has 0 aliphatic carbocycles. The molecule has 2 heterocycles. The van der Waals surface area contributed by atoms with E-state index in [1.54, 1.807) is 6.07 Å². The van der Waals surface area contributed by atoms with Gasteiger partial charge in [-0.2, -0.15) is 0 Å². The van der Waals surface area contributed by atoms with E-state index < -0.39 is 5.60 Å². The van der Waals surface area contributed by atoms with Crippen LogP contribution in [0, 0.1) is 5.82 Å². The van der Waals surface area contributed by atoms with Gasteiger partial charge in [0.15, 0.2) is 11.6 Å². The number of fused-ring (bicyclic) bond motifs is 2. The molecule has 2 atom stereocenters. The SMILES string of the molecule is COc1ccc(CC2=CC3CCCC(C2)N3C(=O)OC(C)(C)C)cc1F. The van der Waals surface area contributed by atoms with Crippen molar-refractivity contribution in [2.24, 2.45) is 0 Å². The predicted octanol–water partition coefficient (Wildman–Crippen LogP) is 4.87. The van der Waals surface area contributed by atoms with Gasteiger partial charge in [0.25, 0.3) is 0 Å². The first kappa shape index (κ1) is 18.7. The molecule has 0 saturated carbocycles. The highest BCUT2D eigenvalue weighted by Crippen LogP contribution is 2.35. The molecule has 0 aromatic heterocycles. The van der Waals surface area contributed by atoms with Crippen LogP contribution >= 0.6 is 0 Å². The van der Waals surface area contributed by atoms with E-state index in [9.17, 15) is 9.18 Å². The number of amides is 1. The highest BCUT2D eigenvalue weighted by molar-refractivity contribution is 5.70. The Morgan fingerprint density at radius 3 is 2.69 bits per heavy atom. The van der Waals surface area contributed by atoms with Gasteiger partial charge < -0.3 is 9.47 Å². The van der Waals surface area contributed by atoms with Gasteiger partial charge in [-0.3, -0.25) is 4.90 Å². The summed E-state index contributed by atoms with van der Waals surface area (Å²) >= 11 is 0. The van der Waals surface area contributed by atoms with Gasteiger partial charge in [0.1, 0.15) is 5.60 Å². The van der Waals surface area contributed by atoms with Gasteiger partial charge in [-0.05, 0) is 70.6 Å². The Morgan fingerprint density at radius 2 is 2.08 bits per heavy atom. The number of hydrogen-bond donors (Lipinski definition) is 0. The van der Waals surface area contributed by atoms with Crippen LogP contribution in [0.5, 0.6) is 5.75 Å². The molecule has 2 unspecified atom stereocenters. The van der Waals surface area contributed by atoms with Crippen molar-refractivity contribution >= 4 is 6.09 Å². The summed E-state index contributed by atoms with van der Waals surface area (Å²) in [6.45, 7) is 5.68. The quantitative estimate of drug-likeness (QED) is 0.721. The zero-order valence-electron chi connectivity index (χ0n) is 16.0. The lowest BCUT2D eigenvalue weighted by atomic mass is 9.83. The zero-order chi connectivity index (χ0) is 18.9. The molecule has 26 heavy (non-hydrogen) atoms. The van der Waals surface area contributed by atoms with Gasteiger partial charge in [-0.15, -0.1) is 0 Å². The largest absolute Gasteiger partial charge is 0.494 e. The third-order valence-electron chi connectivity index (χ3n) is 4.97. The molecule has 1 amide bonds. The van der Waals surface area contributed by atoms with Gasteiger partial charge in [0.2, 0.25) is 0 Å². The number of benzene rings is 1. The number of nitrogens with zero attached hydrogens (tertiary/aromatic N) is 1. The second kappa shape index (κ2) is 7.29. The molecular formula is C21H28FNO3. The average molecular weight is 361 g/mol. The second-order valence-corrected chi connectivity index (χ2v) is 8.21. The summed E-state index contributed by atoms with van der Waals surface area (Å²) in [6.07, 6.45) is 6.55. The van der Waals surface area contributed by atoms with Crippen LogP contribution in [0.1, 0.15) is 52.0 Å². The summed E-state index contributed by atoms with van der Waals surface area (Å²) in [5.74, 6) is -0.0728. The minimum absolute atomic E-state index is 0.0791. The van der Waals surface area contributed by atoms with Crippen molar-refractivity contribution in [3.63, 3.8) is 0 Å². The molecule has 0 spiro atoms. The topological polar surface area (TPSA) is 38.8 Å². The molecule has 1 fully saturated rings. The van der Waals surface area contributed by atoms with Crippen molar-refractivity contribution in [1.82, 2.24) is 4.90 Å². The maximum atomic E-state index is 13.9. The zero-order valence-corrected chi connectivity index (χ0v) is 16.0. The van der Waals surface area contributed by atoms with Crippen LogP contribution in [-0.2, 0) is 11.2 Å². The fraction of sp³-hybridized carbons (Fsp3) is 0.571. The Kier molecular flexibility index (Phi) is 5.26. The highest BCUT2D eigenvalue weighted by atomic mass is 19.1. The molecule has 1 aromatic rings. The fourth-order valence-electron chi connectivity index (χ4n) is 3.93. The van der Waals surface area contributed by atoms with Gasteiger partial charge in [-0.1, -0.05) is 17.7 Å². The van der Waals surface area contributed by atoms with E-state index in [1.165, 1.54) is 18.7 Å². The molecule has 1 aromatic carbocycles. The van der Waals surface area contributed by atoms with Gasteiger partial charge >= 0.3 is 6.09 Å². The summed E-state index contributed by atoms with van der Waals surface area (Å²) in [4.78, 5) is 14.5. The monoisotopic (exact) mass is 361 g/mol. The number of hydrogen-bond acceptors (Lipinski definition) is 3. The first-order valence-electron chi connectivity index (χ1n) is 9.30. The molecular weight excluding hydrogens is 333 g/mol. The minimum atomic E-state index is -0.490. The van der Waals surface area contributed by atoms with Crippen molar-refractivity contribution in [2.75, 3.05) is 7.11 Å². The van der Waals surface area contributed by atoms with Crippen molar-refractivity contribution in [3.8, 4) is 5.75 Å². The van der Waals surface area contributed by atoms with Gasteiger partial charge in [0.05, 0.1) is 13.2 Å². The number of methoxy groups -OCH3 is 1. The molecule has 1 saturated heterocycles. The summed E-state index contributed by atoms with van der Waals surface area (Å²) in [5, 5.41) is 0. The maximum absolute atomic E-state index is 13.9. The van der Waals surface area contributed by atoms with E-state index in [0.29, 0.717) is 6.42 Å². The van der Waals surface area contributed by atoms with E-state index in [-0.39, 0.29) is 29.7 Å². The number of halogens is 1. The average Bonchev–Trinajstić information content (AvgIpc) is 2.52. The molecule has 5 heteroatoms. The summed E-state index contributed by atoms with van der Waals surface area (Å²) in [6, 6.07) is 5.36. The Balaban J connectivity index is 1.75. The number of carbonyl (C=O) groups is 1. The van der Waals surface area contributed by atoms with Crippen molar-refractivity contribution in [3.05, 3.63) is 41.2 Å². The molecule has 4 nitrogen and oxygen atoms in total. The van der Waals surface area contributed by atoms with Crippen LogP contribution in [-0.4, -0.2) is 35.8 Å². The Labute approximate surface area is 155 Å². The molecule has 0 radical (unpaired) electrons. The number of piperidine rings is 1. The third kappa shape index (κ3) is 4.19. The lowest BCUT2D eigenvalue weighted by Crippen LogP contribution is -2.53. The second-order valence-electron chi connectivity index (χ2n) is 8.21. The smallest absolute Gasteiger partial charge is 0.411 e. The Bertz CT molecular complexity index is 708. The molecule has 3 rings (SSSR count). The minimum Gasteiger partial charge on any atom is -0.494 e. The van der Waals surface area contributed by atoms with Crippen LogP contribution in [0.3, 0.4) is 0 Å². The van der Waals surface area contributed by atoms with Gasteiger partial charge in [0, 0.05) is 6.04 Å². The number of rotatable bonds is 3. The van der Waals surface area contributed by atoms with Crippen molar-refractivity contribution < 1.29 is 18.7 Å². The Hall–Kier alpha value is -2.04. The van der Waals surface area contributed by atoms with E-state index in [1.807, 2.05) is 31.7 Å². The van der Waals surface area contributed by atoms with E-state index >= 15 is 0 Å². The normalized spacial score (nSPS) is 22.7. The molecule has 2 aliphatic rings. The summed E-state index contributed by atoms with van der Waals surface area (Å²) in [7, 11) is 1.47. The van der Waals surface area contributed by atoms with Crippen LogP contribution < -0.4 is 4.74 Å². The number of ether oxygens (including phenoxy) is 2. The fourth-order valence-corrected chi connectivity index (χ4v) is 3.93. The maximum Gasteiger partial charge on any atom is 0.411 e. The van der Waals surface area contributed by atoms with Crippen LogP contribution in [0.2, 0.25) is 0 Å². The van der Waals surface area contributed by atoms with Crippen molar-refractivity contribution in [1.29, 1.82) is 0 Å². The van der Waals surface area contributed by atoms with Crippen molar-refractivity contribution in [2.45, 2.75) is 70.6 Å². The van der Waals surface area contributed by atoms with Crippen LogP contribution in [0.15, 0.2) is 29.8 Å². The first-order chi connectivity index (χ1) is 12.3. The lowest BCUT2D eigenvalue weighted by molar-refractivity contribution is -0.00150. The molecule has 0 N–H and O–H groups in total. The summed E-state index contributed by atoms with van der Waals surface area (Å²) in [5.41, 5.74) is 1.71. The van der Waals surface area contributed by atoms with Crippen LogP contribution in [0.4, 0.5) is 9.18 Å². The standard InChI is InChI=1S/C21H28FNO3/c1-21(2,3)26-20(24)23-16-6-5-7-17(23)12-15(11-16)10-14-8-9-19(25-4)18(22)13-14/h8-9,11,13,16-17H,5-7,10,12H2,1-4H3. The van der Waals surface area contributed by atoms with Crippen LogP contribution in [0.25, 0.3) is 0 Å².